The summed E-state index contributed by atoms with van der Waals surface area (Å²) < 4.78 is 45.0. The predicted octanol–water partition coefficient (Wildman–Crippen LogP) is 3.48. The fourth-order valence-corrected chi connectivity index (χ4v) is 3.93. The van der Waals surface area contributed by atoms with Crippen molar-refractivity contribution in [2.24, 2.45) is 0 Å². The van der Waals surface area contributed by atoms with Crippen molar-refractivity contribution >= 4 is 29.1 Å². The lowest BCUT2D eigenvalue weighted by Crippen LogP contribution is -2.37. The predicted molar refractivity (Wildman–Crippen MR) is 114 cm³/mol. The molecule has 10 heteroatoms. The number of nitrogens with one attached hydrogen (secondary N) is 1. The summed E-state index contributed by atoms with van der Waals surface area (Å²) in [5.41, 5.74) is 0.983. The maximum Gasteiger partial charge on any atom is 0.416 e. The number of benzene rings is 2. The van der Waals surface area contributed by atoms with Gasteiger partial charge in [-0.2, -0.15) is 13.2 Å². The third-order valence-electron chi connectivity index (χ3n) is 5.64. The fraction of sp³-hybridized carbons (Fsp3) is 0.348. The lowest BCUT2D eigenvalue weighted by molar-refractivity contribution is -0.137. The van der Waals surface area contributed by atoms with Crippen LogP contribution in [0.1, 0.15) is 38.3 Å². The normalized spacial score (nSPS) is 16.2. The van der Waals surface area contributed by atoms with Crippen LogP contribution in [0.3, 0.4) is 0 Å². The van der Waals surface area contributed by atoms with Crippen LogP contribution in [-0.2, 0) is 15.7 Å². The minimum atomic E-state index is -4.57. The Labute approximate surface area is 188 Å². The SMILES string of the molecule is Cc1ccc2c(c1)C(=O)N(CCC(=O)Nc1cc(C(F)(F)F)ccc1N1CCOCC1)C2=O. The second kappa shape index (κ2) is 8.86. The van der Waals surface area contributed by atoms with E-state index in [1.165, 1.54) is 6.07 Å². The fourth-order valence-electron chi connectivity index (χ4n) is 3.93. The van der Waals surface area contributed by atoms with Gasteiger partial charge in [0.25, 0.3) is 11.8 Å². The number of halogens is 3. The summed E-state index contributed by atoms with van der Waals surface area (Å²) in [6, 6.07) is 8.11. The molecule has 174 valence electrons. The Hall–Kier alpha value is -3.40. The first kappa shape index (κ1) is 22.8. The summed E-state index contributed by atoms with van der Waals surface area (Å²) in [4.78, 5) is 40.6. The molecule has 33 heavy (non-hydrogen) atoms. The number of anilines is 2. The molecule has 0 aliphatic carbocycles. The van der Waals surface area contributed by atoms with Crippen molar-refractivity contribution in [2.45, 2.75) is 19.5 Å². The molecule has 1 saturated heterocycles. The highest BCUT2D eigenvalue weighted by Gasteiger charge is 2.36. The van der Waals surface area contributed by atoms with E-state index in [9.17, 15) is 27.6 Å². The van der Waals surface area contributed by atoms with Crippen LogP contribution in [0.2, 0.25) is 0 Å². The van der Waals surface area contributed by atoms with E-state index < -0.39 is 29.5 Å². The van der Waals surface area contributed by atoms with Crippen LogP contribution in [-0.4, -0.2) is 55.5 Å². The Bertz CT molecular complexity index is 1110. The number of morpholine rings is 1. The summed E-state index contributed by atoms with van der Waals surface area (Å²) in [7, 11) is 0. The number of amides is 3. The number of imide groups is 1. The molecule has 0 bridgehead atoms. The maximum atomic E-state index is 13.2. The molecule has 0 spiro atoms. The Morgan fingerprint density at radius 1 is 1.03 bits per heavy atom. The minimum Gasteiger partial charge on any atom is -0.378 e. The molecule has 7 nitrogen and oxygen atoms in total. The van der Waals surface area contributed by atoms with Crippen LogP contribution in [0.25, 0.3) is 0 Å². The van der Waals surface area contributed by atoms with Crippen LogP contribution >= 0.6 is 0 Å². The molecule has 2 aromatic carbocycles. The van der Waals surface area contributed by atoms with E-state index in [4.69, 9.17) is 4.74 Å². The zero-order chi connectivity index (χ0) is 23.8. The van der Waals surface area contributed by atoms with Crippen molar-refractivity contribution in [3.8, 4) is 0 Å². The van der Waals surface area contributed by atoms with Crippen LogP contribution in [0.5, 0.6) is 0 Å². The zero-order valence-corrected chi connectivity index (χ0v) is 17.9. The van der Waals surface area contributed by atoms with Gasteiger partial charge in [0, 0.05) is 26.1 Å². The third-order valence-corrected chi connectivity index (χ3v) is 5.64. The number of rotatable bonds is 5. The molecule has 4 rings (SSSR count). The second-order valence-corrected chi connectivity index (χ2v) is 7.94. The van der Waals surface area contributed by atoms with Crippen molar-refractivity contribution in [1.82, 2.24) is 4.90 Å². The highest BCUT2D eigenvalue weighted by molar-refractivity contribution is 6.21. The van der Waals surface area contributed by atoms with E-state index >= 15 is 0 Å². The van der Waals surface area contributed by atoms with E-state index in [1.54, 1.807) is 25.1 Å². The molecule has 1 N–H and O–H groups in total. The van der Waals surface area contributed by atoms with Gasteiger partial charge in [-0.1, -0.05) is 11.6 Å². The van der Waals surface area contributed by atoms with Gasteiger partial charge in [0.05, 0.1) is 41.3 Å². The number of nitrogens with zero attached hydrogens (tertiary/aromatic N) is 2. The van der Waals surface area contributed by atoms with Gasteiger partial charge in [-0.3, -0.25) is 19.3 Å². The largest absolute Gasteiger partial charge is 0.416 e. The second-order valence-electron chi connectivity index (χ2n) is 7.94. The Morgan fingerprint density at radius 2 is 1.73 bits per heavy atom. The van der Waals surface area contributed by atoms with Crippen LogP contribution < -0.4 is 10.2 Å². The molecule has 2 aromatic rings. The Balaban J connectivity index is 1.49. The molecule has 0 atom stereocenters. The van der Waals surface area contributed by atoms with Gasteiger partial charge >= 0.3 is 6.18 Å². The van der Waals surface area contributed by atoms with Crippen molar-refractivity contribution in [1.29, 1.82) is 0 Å². The standard InChI is InChI=1S/C23H22F3N3O4/c1-14-2-4-16-17(12-14)22(32)29(21(16)31)7-6-20(30)27-18-13-15(23(24,25)26)3-5-19(18)28-8-10-33-11-9-28/h2-5,12-13H,6-11H2,1H3,(H,27,30). The molecular weight excluding hydrogens is 439 g/mol. The Morgan fingerprint density at radius 3 is 2.42 bits per heavy atom. The van der Waals surface area contributed by atoms with Crippen LogP contribution in [0, 0.1) is 6.92 Å². The van der Waals surface area contributed by atoms with Gasteiger partial charge in [0.15, 0.2) is 0 Å². The monoisotopic (exact) mass is 461 g/mol. The van der Waals surface area contributed by atoms with Gasteiger partial charge < -0.3 is 15.0 Å². The maximum absolute atomic E-state index is 13.2. The van der Waals surface area contributed by atoms with E-state index in [0.717, 1.165) is 22.6 Å². The van der Waals surface area contributed by atoms with Crippen molar-refractivity contribution in [3.05, 3.63) is 58.7 Å². The summed E-state index contributed by atoms with van der Waals surface area (Å²) in [5, 5.41) is 2.53. The molecule has 0 radical (unpaired) electrons. The number of aryl methyl sites for hydroxylation is 1. The van der Waals surface area contributed by atoms with Gasteiger partial charge in [-0.25, -0.2) is 0 Å². The Kier molecular flexibility index (Phi) is 6.11. The lowest BCUT2D eigenvalue weighted by Gasteiger charge is -2.31. The average molecular weight is 461 g/mol. The summed E-state index contributed by atoms with van der Waals surface area (Å²) in [6.07, 6.45) is -4.81. The van der Waals surface area contributed by atoms with Crippen molar-refractivity contribution in [3.63, 3.8) is 0 Å². The average Bonchev–Trinajstić information content (AvgIpc) is 3.01. The van der Waals surface area contributed by atoms with Crippen LogP contribution in [0.15, 0.2) is 36.4 Å². The van der Waals surface area contributed by atoms with E-state index in [1.807, 2.05) is 4.90 Å². The van der Waals surface area contributed by atoms with Gasteiger partial charge in [0.2, 0.25) is 5.91 Å². The molecule has 3 amide bonds. The molecule has 2 heterocycles. The number of ether oxygens (including phenoxy) is 1. The third kappa shape index (κ3) is 4.70. The first-order valence-corrected chi connectivity index (χ1v) is 10.5. The highest BCUT2D eigenvalue weighted by atomic mass is 19.4. The number of hydrogen-bond acceptors (Lipinski definition) is 5. The summed E-state index contributed by atoms with van der Waals surface area (Å²) in [5.74, 6) is -1.58. The number of hydrogen-bond donors (Lipinski definition) is 1. The van der Waals surface area contributed by atoms with Crippen molar-refractivity contribution < 1.29 is 32.3 Å². The molecule has 2 aliphatic rings. The zero-order valence-electron chi connectivity index (χ0n) is 17.9. The van der Waals surface area contributed by atoms with E-state index in [2.05, 4.69) is 5.32 Å². The first-order valence-electron chi connectivity index (χ1n) is 10.5. The van der Waals surface area contributed by atoms with Crippen LogP contribution in [0.4, 0.5) is 24.5 Å². The topological polar surface area (TPSA) is 79.0 Å². The highest BCUT2D eigenvalue weighted by Crippen LogP contribution is 2.36. The molecular formula is C23H22F3N3O4. The lowest BCUT2D eigenvalue weighted by atomic mass is 10.1. The number of fused-ring (bicyclic) bond motifs is 1. The molecule has 1 fully saturated rings. The van der Waals surface area contributed by atoms with E-state index in [-0.39, 0.29) is 29.8 Å². The van der Waals surface area contributed by atoms with Gasteiger partial charge in [0.1, 0.15) is 0 Å². The molecule has 0 unspecified atom stereocenters. The molecule has 0 saturated carbocycles. The van der Waals surface area contributed by atoms with Gasteiger partial charge in [-0.15, -0.1) is 0 Å². The smallest absolute Gasteiger partial charge is 0.378 e. The van der Waals surface area contributed by atoms with Crippen molar-refractivity contribution in [2.75, 3.05) is 43.1 Å². The molecule has 2 aliphatic heterocycles. The molecule has 0 aromatic heterocycles. The van der Waals surface area contributed by atoms with Gasteiger partial charge in [-0.05, 0) is 37.3 Å². The number of carbonyl (C=O) groups excluding carboxylic acids is 3. The minimum absolute atomic E-state index is 0.0229. The quantitative estimate of drug-likeness (QED) is 0.690. The van der Waals surface area contributed by atoms with E-state index in [0.29, 0.717) is 32.0 Å². The number of carbonyl (C=O) groups is 3. The first-order chi connectivity index (χ1) is 15.6. The number of alkyl halides is 3. The summed E-state index contributed by atoms with van der Waals surface area (Å²) in [6.45, 7) is 3.42. The summed E-state index contributed by atoms with van der Waals surface area (Å²) >= 11 is 0.